The molecule has 0 saturated carbocycles. The maximum Gasteiger partial charge on any atom is 0.253 e. The van der Waals surface area contributed by atoms with Gasteiger partial charge in [-0.1, -0.05) is 56.3 Å². The zero-order valence-corrected chi connectivity index (χ0v) is 17.9. The summed E-state index contributed by atoms with van der Waals surface area (Å²) in [5.74, 6) is -0.288. The van der Waals surface area contributed by atoms with Gasteiger partial charge in [-0.25, -0.2) is 0 Å². The van der Waals surface area contributed by atoms with Crippen molar-refractivity contribution in [1.29, 1.82) is 0 Å². The van der Waals surface area contributed by atoms with E-state index in [0.717, 1.165) is 31.5 Å². The molecule has 0 spiro atoms. The van der Waals surface area contributed by atoms with Crippen molar-refractivity contribution in [2.45, 2.75) is 45.3 Å². The summed E-state index contributed by atoms with van der Waals surface area (Å²) in [5.41, 5.74) is 2.05. The van der Waals surface area contributed by atoms with Crippen LogP contribution in [0.15, 0.2) is 54.6 Å². The van der Waals surface area contributed by atoms with E-state index >= 15 is 0 Å². The molecule has 0 radical (unpaired) electrons. The third kappa shape index (κ3) is 6.68. The molecule has 1 heterocycles. The van der Waals surface area contributed by atoms with Crippen molar-refractivity contribution in [3.63, 3.8) is 0 Å². The maximum atomic E-state index is 12.7. The Balaban J connectivity index is 1.51. The molecule has 2 aromatic carbocycles. The van der Waals surface area contributed by atoms with Gasteiger partial charge < -0.3 is 16.0 Å². The van der Waals surface area contributed by atoms with Gasteiger partial charge in [0.25, 0.3) is 5.91 Å². The number of para-hydroxylation sites is 1. The summed E-state index contributed by atoms with van der Waals surface area (Å²) in [6.07, 6.45) is 2.09. The average molecular weight is 409 g/mol. The van der Waals surface area contributed by atoms with Crippen LogP contribution in [0.1, 0.15) is 42.6 Å². The minimum Gasteiger partial charge on any atom is -0.348 e. The second kappa shape index (κ2) is 10.9. The molecule has 2 aromatic rings. The Morgan fingerprint density at radius 2 is 1.67 bits per heavy atom. The lowest BCUT2D eigenvalue weighted by atomic mass is 10.0. The van der Waals surface area contributed by atoms with E-state index in [9.17, 15) is 9.59 Å². The summed E-state index contributed by atoms with van der Waals surface area (Å²) in [6.45, 7) is 6.91. The second-order valence-corrected chi connectivity index (χ2v) is 8.13. The zero-order valence-electron chi connectivity index (χ0n) is 17.9. The summed E-state index contributed by atoms with van der Waals surface area (Å²) in [4.78, 5) is 27.4. The first kappa shape index (κ1) is 22.0. The number of amides is 2. The predicted octanol–water partition coefficient (Wildman–Crippen LogP) is 3.02. The standard InChI is InChI=1S/C24H32N4O2/c1-18(2)26-20-12-14-28(15-13-20)17-23(29)27-22-11-7-6-10-21(22)24(30)25-16-19-8-4-3-5-9-19/h3-11,18,20,26H,12-17H2,1-2H3,(H,25,30)(H,27,29). The molecule has 0 unspecified atom stereocenters. The number of carbonyl (C=O) groups excluding carboxylic acids is 2. The molecule has 0 aliphatic carbocycles. The Morgan fingerprint density at radius 3 is 2.37 bits per heavy atom. The third-order valence-corrected chi connectivity index (χ3v) is 5.27. The van der Waals surface area contributed by atoms with Crippen LogP contribution in [0.4, 0.5) is 5.69 Å². The van der Waals surface area contributed by atoms with Gasteiger partial charge in [-0.15, -0.1) is 0 Å². The summed E-state index contributed by atoms with van der Waals surface area (Å²) < 4.78 is 0. The lowest BCUT2D eigenvalue weighted by molar-refractivity contribution is -0.117. The Morgan fingerprint density at radius 1 is 1.00 bits per heavy atom. The van der Waals surface area contributed by atoms with Crippen molar-refractivity contribution in [1.82, 2.24) is 15.5 Å². The van der Waals surface area contributed by atoms with Crippen LogP contribution in [-0.2, 0) is 11.3 Å². The average Bonchev–Trinajstić information content (AvgIpc) is 2.74. The largest absolute Gasteiger partial charge is 0.348 e. The summed E-state index contributed by atoms with van der Waals surface area (Å²) >= 11 is 0. The Labute approximate surface area is 179 Å². The monoisotopic (exact) mass is 408 g/mol. The number of hydrogen-bond acceptors (Lipinski definition) is 4. The molecule has 1 aliphatic rings. The molecular formula is C24H32N4O2. The number of piperidine rings is 1. The Hall–Kier alpha value is -2.70. The highest BCUT2D eigenvalue weighted by Crippen LogP contribution is 2.16. The highest BCUT2D eigenvalue weighted by Gasteiger charge is 2.21. The van der Waals surface area contributed by atoms with Crippen LogP contribution in [0.2, 0.25) is 0 Å². The molecule has 2 amide bonds. The molecular weight excluding hydrogens is 376 g/mol. The minimum atomic E-state index is -0.199. The fourth-order valence-electron chi connectivity index (χ4n) is 3.79. The number of nitrogens with zero attached hydrogens (tertiary/aromatic N) is 1. The van der Waals surface area contributed by atoms with Gasteiger partial charge >= 0.3 is 0 Å². The first-order valence-electron chi connectivity index (χ1n) is 10.7. The summed E-state index contributed by atoms with van der Waals surface area (Å²) in [6, 6.07) is 17.9. The van der Waals surface area contributed by atoms with Crippen LogP contribution in [0.3, 0.4) is 0 Å². The fourth-order valence-corrected chi connectivity index (χ4v) is 3.79. The highest BCUT2D eigenvalue weighted by molar-refractivity contribution is 6.04. The number of nitrogens with one attached hydrogen (secondary N) is 3. The fraction of sp³-hybridized carbons (Fsp3) is 0.417. The summed E-state index contributed by atoms with van der Waals surface area (Å²) in [5, 5.41) is 9.41. The molecule has 0 bridgehead atoms. The molecule has 160 valence electrons. The quantitative estimate of drug-likeness (QED) is 0.628. The van der Waals surface area contributed by atoms with Gasteiger partial charge in [0, 0.05) is 31.7 Å². The van der Waals surface area contributed by atoms with Crippen LogP contribution >= 0.6 is 0 Å². The first-order valence-corrected chi connectivity index (χ1v) is 10.7. The van der Waals surface area contributed by atoms with Gasteiger partial charge in [0.2, 0.25) is 5.91 Å². The number of rotatable bonds is 8. The number of anilines is 1. The number of benzene rings is 2. The molecule has 6 heteroatoms. The normalized spacial score (nSPS) is 15.2. The van der Waals surface area contributed by atoms with Gasteiger partial charge in [-0.2, -0.15) is 0 Å². The van der Waals surface area contributed by atoms with E-state index in [2.05, 4.69) is 34.7 Å². The van der Waals surface area contributed by atoms with Gasteiger partial charge in [0.15, 0.2) is 0 Å². The molecule has 3 rings (SSSR count). The molecule has 0 aromatic heterocycles. The number of carbonyl (C=O) groups is 2. The number of hydrogen-bond donors (Lipinski definition) is 3. The second-order valence-electron chi connectivity index (χ2n) is 8.13. The van der Waals surface area contributed by atoms with E-state index in [-0.39, 0.29) is 11.8 Å². The molecule has 3 N–H and O–H groups in total. The summed E-state index contributed by atoms with van der Waals surface area (Å²) in [7, 11) is 0. The first-order chi connectivity index (χ1) is 14.5. The smallest absolute Gasteiger partial charge is 0.253 e. The van der Waals surface area contributed by atoms with E-state index in [1.54, 1.807) is 18.2 Å². The van der Waals surface area contributed by atoms with Crippen molar-refractivity contribution >= 4 is 17.5 Å². The van der Waals surface area contributed by atoms with E-state index in [4.69, 9.17) is 0 Å². The van der Waals surface area contributed by atoms with Crippen molar-refractivity contribution in [2.75, 3.05) is 25.0 Å². The van der Waals surface area contributed by atoms with Gasteiger partial charge in [-0.3, -0.25) is 14.5 Å². The minimum absolute atomic E-state index is 0.0893. The van der Waals surface area contributed by atoms with E-state index < -0.39 is 0 Å². The van der Waals surface area contributed by atoms with Crippen molar-refractivity contribution in [3.8, 4) is 0 Å². The molecule has 30 heavy (non-hydrogen) atoms. The molecule has 6 nitrogen and oxygen atoms in total. The van der Waals surface area contributed by atoms with E-state index in [1.165, 1.54) is 0 Å². The van der Waals surface area contributed by atoms with Gasteiger partial charge in [0.05, 0.1) is 17.8 Å². The zero-order chi connectivity index (χ0) is 21.3. The molecule has 1 saturated heterocycles. The maximum absolute atomic E-state index is 12.7. The SMILES string of the molecule is CC(C)NC1CCN(CC(=O)Nc2ccccc2C(=O)NCc2ccccc2)CC1. The predicted molar refractivity (Wildman–Crippen MR) is 120 cm³/mol. The van der Waals surface area contributed by atoms with Crippen LogP contribution in [-0.4, -0.2) is 48.4 Å². The van der Waals surface area contributed by atoms with Gasteiger partial charge in [0.1, 0.15) is 0 Å². The van der Waals surface area contributed by atoms with E-state index in [0.29, 0.717) is 36.4 Å². The topological polar surface area (TPSA) is 73.5 Å². The van der Waals surface area contributed by atoms with Crippen molar-refractivity contribution in [3.05, 3.63) is 65.7 Å². The van der Waals surface area contributed by atoms with Gasteiger partial charge in [-0.05, 0) is 30.5 Å². The van der Waals surface area contributed by atoms with Crippen molar-refractivity contribution < 1.29 is 9.59 Å². The van der Waals surface area contributed by atoms with Crippen LogP contribution in [0.5, 0.6) is 0 Å². The van der Waals surface area contributed by atoms with Crippen LogP contribution in [0, 0.1) is 0 Å². The molecule has 0 atom stereocenters. The lowest BCUT2D eigenvalue weighted by Crippen LogP contribution is -2.46. The van der Waals surface area contributed by atoms with E-state index in [1.807, 2.05) is 36.4 Å². The Bertz CT molecular complexity index is 830. The number of likely N-dealkylation sites (tertiary alicyclic amines) is 1. The third-order valence-electron chi connectivity index (χ3n) is 5.27. The van der Waals surface area contributed by atoms with Crippen LogP contribution in [0.25, 0.3) is 0 Å². The highest BCUT2D eigenvalue weighted by atomic mass is 16.2. The lowest BCUT2D eigenvalue weighted by Gasteiger charge is -2.33. The van der Waals surface area contributed by atoms with Crippen LogP contribution < -0.4 is 16.0 Å². The van der Waals surface area contributed by atoms with Crippen molar-refractivity contribution in [2.24, 2.45) is 0 Å². The molecule has 1 fully saturated rings. The molecule has 1 aliphatic heterocycles. The Kier molecular flexibility index (Phi) is 7.99.